The number of aliphatic hydroxyl groups is 1. The number of imidazole rings is 1. The van der Waals surface area contributed by atoms with E-state index in [-0.39, 0.29) is 12.1 Å². The van der Waals surface area contributed by atoms with Crippen LogP contribution >= 0.6 is 0 Å². The molecule has 4 rings (SSSR count). The van der Waals surface area contributed by atoms with E-state index in [1.54, 1.807) is 0 Å². The van der Waals surface area contributed by atoms with Crippen LogP contribution < -0.4 is 10.6 Å². The van der Waals surface area contributed by atoms with Crippen molar-refractivity contribution in [3.63, 3.8) is 0 Å². The van der Waals surface area contributed by atoms with Crippen molar-refractivity contribution in [2.24, 2.45) is 0 Å². The predicted octanol–water partition coefficient (Wildman–Crippen LogP) is 2.10. The summed E-state index contributed by atoms with van der Waals surface area (Å²) < 4.78 is 1.99. The number of urea groups is 1. The second-order valence-electron chi connectivity index (χ2n) is 6.40. The van der Waals surface area contributed by atoms with Gasteiger partial charge in [0.2, 0.25) is 0 Å². The number of fused-ring (bicyclic) bond motifs is 2. The van der Waals surface area contributed by atoms with Gasteiger partial charge in [0.05, 0.1) is 24.4 Å². The monoisotopic (exact) mass is 336 g/mol. The summed E-state index contributed by atoms with van der Waals surface area (Å²) in [6.45, 7) is 2.34. The van der Waals surface area contributed by atoms with Crippen molar-refractivity contribution in [1.29, 1.82) is 0 Å². The molecule has 2 amide bonds. The van der Waals surface area contributed by atoms with Crippen molar-refractivity contribution in [1.82, 2.24) is 20.0 Å². The number of benzene rings is 1. The van der Waals surface area contributed by atoms with Crippen molar-refractivity contribution in [3.8, 4) is 0 Å². The zero-order chi connectivity index (χ0) is 17.4. The highest BCUT2D eigenvalue weighted by atomic mass is 16.3. The molecule has 0 saturated heterocycles. The topological polar surface area (TPSA) is 78.7 Å². The van der Waals surface area contributed by atoms with E-state index in [4.69, 9.17) is 0 Å². The summed E-state index contributed by atoms with van der Waals surface area (Å²) in [7, 11) is 0. The third kappa shape index (κ3) is 2.96. The highest BCUT2D eigenvalue weighted by Gasteiger charge is 2.31. The number of rotatable bonds is 3. The van der Waals surface area contributed by atoms with Crippen LogP contribution in [0, 0.1) is 6.92 Å². The van der Waals surface area contributed by atoms with E-state index in [2.05, 4.69) is 15.6 Å². The van der Waals surface area contributed by atoms with E-state index >= 15 is 0 Å². The van der Waals surface area contributed by atoms with E-state index in [0.29, 0.717) is 13.0 Å². The Kier molecular flexibility index (Phi) is 3.89. The Morgan fingerprint density at radius 2 is 2.12 bits per heavy atom. The maximum atomic E-state index is 12.2. The molecule has 1 aliphatic rings. The molecule has 2 aromatic heterocycles. The number of hydrogen-bond acceptors (Lipinski definition) is 3. The smallest absolute Gasteiger partial charge is 0.315 e. The summed E-state index contributed by atoms with van der Waals surface area (Å²) >= 11 is 0. The molecule has 0 spiro atoms. The largest absolute Gasteiger partial charge is 0.390 e. The molecule has 0 saturated carbocycles. The van der Waals surface area contributed by atoms with Crippen LogP contribution in [0.4, 0.5) is 4.79 Å². The molecule has 3 N–H and O–H groups in total. The standard InChI is InChI=1S/C19H20N4O2/c1-12-5-4-8-17-21-14(11-23(12)17)10-20-19(25)22-18-15-7-3-2-6-13(15)9-16(18)24/h2-8,11,16,18,24H,9-10H2,1H3,(H2,20,22,25). The lowest BCUT2D eigenvalue weighted by atomic mass is 10.1. The first kappa shape index (κ1) is 15.7. The molecule has 2 atom stereocenters. The third-order valence-electron chi connectivity index (χ3n) is 4.67. The van der Waals surface area contributed by atoms with Gasteiger partial charge in [0.15, 0.2) is 0 Å². The lowest BCUT2D eigenvalue weighted by Gasteiger charge is -2.18. The molecule has 25 heavy (non-hydrogen) atoms. The van der Waals surface area contributed by atoms with Gasteiger partial charge in [0.1, 0.15) is 5.65 Å². The summed E-state index contributed by atoms with van der Waals surface area (Å²) in [6.07, 6.45) is 1.89. The summed E-state index contributed by atoms with van der Waals surface area (Å²) in [5.74, 6) is 0. The number of hydrogen-bond donors (Lipinski definition) is 3. The molecule has 6 nitrogen and oxygen atoms in total. The van der Waals surface area contributed by atoms with Crippen LogP contribution in [0.3, 0.4) is 0 Å². The molecule has 0 bridgehead atoms. The van der Waals surface area contributed by atoms with Crippen molar-refractivity contribution < 1.29 is 9.90 Å². The summed E-state index contributed by atoms with van der Waals surface area (Å²) in [4.78, 5) is 16.7. The third-order valence-corrected chi connectivity index (χ3v) is 4.67. The van der Waals surface area contributed by atoms with E-state index in [9.17, 15) is 9.90 Å². The number of aromatic nitrogens is 2. The normalized spacial score (nSPS) is 19.0. The second-order valence-corrected chi connectivity index (χ2v) is 6.40. The highest BCUT2D eigenvalue weighted by molar-refractivity contribution is 5.74. The fourth-order valence-electron chi connectivity index (χ4n) is 3.39. The van der Waals surface area contributed by atoms with Crippen molar-refractivity contribution in [2.45, 2.75) is 32.0 Å². The van der Waals surface area contributed by atoms with Gasteiger partial charge in [-0.05, 0) is 30.2 Å². The number of nitrogens with one attached hydrogen (secondary N) is 2. The SMILES string of the molecule is Cc1cccc2nc(CNC(=O)NC3c4ccccc4CC3O)cn12. The first-order valence-electron chi connectivity index (χ1n) is 8.35. The van der Waals surface area contributed by atoms with Gasteiger partial charge in [-0.25, -0.2) is 9.78 Å². The lowest BCUT2D eigenvalue weighted by Crippen LogP contribution is -2.40. The molecule has 128 valence electrons. The quantitative estimate of drug-likeness (QED) is 0.685. The van der Waals surface area contributed by atoms with Crippen LogP contribution in [0.25, 0.3) is 5.65 Å². The zero-order valence-electron chi connectivity index (χ0n) is 13.9. The van der Waals surface area contributed by atoms with Gasteiger partial charge in [-0.3, -0.25) is 0 Å². The molecule has 1 aliphatic carbocycles. The lowest BCUT2D eigenvalue weighted by molar-refractivity contribution is 0.142. The van der Waals surface area contributed by atoms with Gasteiger partial charge in [0.25, 0.3) is 0 Å². The van der Waals surface area contributed by atoms with E-state index in [1.807, 2.05) is 60.0 Å². The summed E-state index contributed by atoms with van der Waals surface area (Å²) in [6, 6.07) is 13.0. The number of carbonyl (C=O) groups is 1. The minimum absolute atomic E-state index is 0.311. The van der Waals surface area contributed by atoms with Crippen molar-refractivity contribution in [3.05, 3.63) is 71.2 Å². The fraction of sp³-hybridized carbons (Fsp3) is 0.263. The van der Waals surface area contributed by atoms with Gasteiger partial charge >= 0.3 is 6.03 Å². The Morgan fingerprint density at radius 1 is 1.28 bits per heavy atom. The number of nitrogens with zero attached hydrogens (tertiary/aromatic N) is 2. The van der Waals surface area contributed by atoms with Crippen molar-refractivity contribution >= 4 is 11.7 Å². The Morgan fingerprint density at radius 3 is 2.96 bits per heavy atom. The Balaban J connectivity index is 1.41. The molecule has 2 heterocycles. The number of aryl methyl sites for hydroxylation is 1. The van der Waals surface area contributed by atoms with E-state index < -0.39 is 6.10 Å². The first-order chi connectivity index (χ1) is 12.1. The molecule has 0 fully saturated rings. The summed E-state index contributed by atoms with van der Waals surface area (Å²) in [5, 5.41) is 15.9. The van der Waals surface area contributed by atoms with Gasteiger partial charge in [-0.1, -0.05) is 30.3 Å². The van der Waals surface area contributed by atoms with Gasteiger partial charge in [0, 0.05) is 18.3 Å². The van der Waals surface area contributed by atoms with Crippen LogP contribution in [0.15, 0.2) is 48.7 Å². The fourth-order valence-corrected chi connectivity index (χ4v) is 3.39. The van der Waals surface area contributed by atoms with E-state index in [0.717, 1.165) is 28.2 Å². The maximum Gasteiger partial charge on any atom is 0.315 e. The minimum Gasteiger partial charge on any atom is -0.390 e. The van der Waals surface area contributed by atoms with Crippen LogP contribution in [0.2, 0.25) is 0 Å². The number of carbonyl (C=O) groups excluding carboxylic acids is 1. The Bertz CT molecular complexity index is 934. The van der Waals surface area contributed by atoms with Crippen LogP contribution in [-0.2, 0) is 13.0 Å². The van der Waals surface area contributed by atoms with Gasteiger partial charge < -0.3 is 20.1 Å². The highest BCUT2D eigenvalue weighted by Crippen LogP contribution is 2.31. The summed E-state index contributed by atoms with van der Waals surface area (Å²) in [5.41, 5.74) is 4.80. The number of amides is 2. The predicted molar refractivity (Wildman–Crippen MR) is 94.2 cm³/mol. The zero-order valence-corrected chi connectivity index (χ0v) is 13.9. The maximum absolute atomic E-state index is 12.2. The Hall–Kier alpha value is -2.86. The first-order valence-corrected chi connectivity index (χ1v) is 8.35. The molecule has 0 radical (unpaired) electrons. The van der Waals surface area contributed by atoms with Crippen LogP contribution in [0.1, 0.15) is 28.6 Å². The van der Waals surface area contributed by atoms with Crippen LogP contribution in [-0.4, -0.2) is 26.6 Å². The average molecular weight is 336 g/mol. The molecular weight excluding hydrogens is 316 g/mol. The minimum atomic E-state index is -0.596. The van der Waals surface area contributed by atoms with Crippen molar-refractivity contribution in [2.75, 3.05) is 0 Å². The Labute approximate surface area is 145 Å². The van der Waals surface area contributed by atoms with E-state index in [1.165, 1.54) is 0 Å². The average Bonchev–Trinajstić information content (AvgIpc) is 3.15. The number of aliphatic hydroxyl groups excluding tert-OH is 1. The second kappa shape index (κ2) is 6.22. The molecule has 1 aromatic carbocycles. The molecule has 6 heteroatoms. The molecule has 0 aliphatic heterocycles. The van der Waals surface area contributed by atoms with Gasteiger partial charge in [-0.15, -0.1) is 0 Å². The molecule has 3 aromatic rings. The van der Waals surface area contributed by atoms with Gasteiger partial charge in [-0.2, -0.15) is 0 Å². The molecular formula is C19H20N4O2. The number of pyridine rings is 1. The molecule has 2 unspecified atom stereocenters. The van der Waals surface area contributed by atoms with Crippen LogP contribution in [0.5, 0.6) is 0 Å².